The molecule has 132 valence electrons. The summed E-state index contributed by atoms with van der Waals surface area (Å²) in [6.45, 7) is 3.78. The van der Waals surface area contributed by atoms with Crippen molar-refractivity contribution >= 4 is 17.8 Å². The molecule has 0 aliphatic rings. The number of hydrogen-bond acceptors (Lipinski definition) is 5. The average molecular weight is 341 g/mol. The van der Waals surface area contributed by atoms with Crippen molar-refractivity contribution in [1.29, 1.82) is 0 Å². The molecular weight excluding hydrogens is 318 g/mol. The van der Waals surface area contributed by atoms with Crippen LogP contribution in [0.4, 0.5) is 5.69 Å². The average Bonchev–Trinajstić information content (AvgIpc) is 2.61. The molecule has 2 rings (SSSR count). The van der Waals surface area contributed by atoms with E-state index in [1.54, 1.807) is 33.3 Å². The van der Waals surface area contributed by atoms with Gasteiger partial charge in [0.2, 0.25) is 0 Å². The van der Waals surface area contributed by atoms with Gasteiger partial charge < -0.3 is 14.8 Å². The quantitative estimate of drug-likeness (QED) is 0.600. The largest absolute Gasteiger partial charge is 0.497 e. The van der Waals surface area contributed by atoms with E-state index in [1.165, 1.54) is 6.21 Å². The summed E-state index contributed by atoms with van der Waals surface area (Å²) in [4.78, 5) is 12.1. The van der Waals surface area contributed by atoms with Gasteiger partial charge in [-0.3, -0.25) is 4.79 Å². The Morgan fingerprint density at radius 2 is 1.96 bits per heavy atom. The number of carbonyl (C=O) groups is 1. The molecule has 0 saturated heterocycles. The highest BCUT2D eigenvalue weighted by atomic mass is 16.5. The van der Waals surface area contributed by atoms with Crippen LogP contribution in [0.2, 0.25) is 0 Å². The Morgan fingerprint density at radius 1 is 1.16 bits per heavy atom. The van der Waals surface area contributed by atoms with Gasteiger partial charge in [0.1, 0.15) is 17.5 Å². The first-order chi connectivity index (χ1) is 12.0. The molecule has 0 aliphatic heterocycles. The number of carbonyl (C=O) groups excluding carboxylic acids is 1. The van der Waals surface area contributed by atoms with E-state index in [9.17, 15) is 4.79 Å². The first-order valence-electron chi connectivity index (χ1n) is 7.91. The summed E-state index contributed by atoms with van der Waals surface area (Å²) < 4.78 is 10.4. The number of hydrazone groups is 1. The monoisotopic (exact) mass is 341 g/mol. The van der Waals surface area contributed by atoms with Gasteiger partial charge in [-0.2, -0.15) is 5.10 Å². The number of nitrogens with zero attached hydrogens (tertiary/aromatic N) is 1. The molecule has 0 aliphatic carbocycles. The molecule has 1 atom stereocenters. The van der Waals surface area contributed by atoms with E-state index in [0.717, 1.165) is 16.8 Å². The van der Waals surface area contributed by atoms with Gasteiger partial charge in [0.05, 0.1) is 20.4 Å². The molecule has 2 aromatic rings. The smallest absolute Gasteiger partial charge is 0.262 e. The molecular formula is C19H23N3O3. The second kappa shape index (κ2) is 8.73. The van der Waals surface area contributed by atoms with Crippen LogP contribution in [0, 0.1) is 6.92 Å². The van der Waals surface area contributed by atoms with Gasteiger partial charge in [0.15, 0.2) is 0 Å². The molecule has 6 nitrogen and oxygen atoms in total. The maximum atomic E-state index is 12.1. The zero-order valence-corrected chi connectivity index (χ0v) is 14.9. The van der Waals surface area contributed by atoms with Gasteiger partial charge in [-0.1, -0.05) is 12.1 Å². The zero-order valence-electron chi connectivity index (χ0n) is 14.9. The second-order valence-electron chi connectivity index (χ2n) is 5.58. The van der Waals surface area contributed by atoms with Gasteiger partial charge >= 0.3 is 0 Å². The van der Waals surface area contributed by atoms with E-state index in [2.05, 4.69) is 15.8 Å². The van der Waals surface area contributed by atoms with Gasteiger partial charge in [-0.05, 0) is 43.7 Å². The van der Waals surface area contributed by atoms with Crippen molar-refractivity contribution in [2.45, 2.75) is 19.9 Å². The highest BCUT2D eigenvalue weighted by molar-refractivity contribution is 5.87. The van der Waals surface area contributed by atoms with Crippen LogP contribution in [0.1, 0.15) is 18.1 Å². The lowest BCUT2D eigenvalue weighted by Gasteiger charge is -2.13. The number of hydrogen-bond donors (Lipinski definition) is 2. The predicted octanol–water partition coefficient (Wildman–Crippen LogP) is 2.96. The number of aryl methyl sites for hydroxylation is 1. The van der Waals surface area contributed by atoms with Crippen LogP contribution in [0.3, 0.4) is 0 Å². The fourth-order valence-electron chi connectivity index (χ4n) is 2.24. The molecule has 0 saturated carbocycles. The molecule has 0 aromatic heterocycles. The van der Waals surface area contributed by atoms with Crippen LogP contribution < -0.4 is 20.2 Å². The summed E-state index contributed by atoms with van der Waals surface area (Å²) in [7, 11) is 3.16. The maximum Gasteiger partial charge on any atom is 0.262 e. The van der Waals surface area contributed by atoms with E-state index in [1.807, 2.05) is 37.3 Å². The first-order valence-corrected chi connectivity index (χ1v) is 7.91. The van der Waals surface area contributed by atoms with Crippen molar-refractivity contribution in [2.75, 3.05) is 19.5 Å². The summed E-state index contributed by atoms with van der Waals surface area (Å²) in [6.07, 6.45) is 1.54. The summed E-state index contributed by atoms with van der Waals surface area (Å²) >= 11 is 0. The van der Waals surface area contributed by atoms with Gasteiger partial charge in [0.25, 0.3) is 5.91 Å². The third kappa shape index (κ3) is 5.24. The maximum absolute atomic E-state index is 12.1. The summed E-state index contributed by atoms with van der Waals surface area (Å²) in [6, 6.07) is 12.8. The zero-order chi connectivity index (χ0) is 18.2. The molecule has 0 fully saturated rings. The minimum Gasteiger partial charge on any atom is -0.497 e. The van der Waals surface area contributed by atoms with Crippen LogP contribution >= 0.6 is 0 Å². The SMILES string of the molecule is COc1ccc(/C=N/NC(=O)C(C)Nc2cccc(C)c2)c(OC)c1. The molecule has 0 radical (unpaired) electrons. The van der Waals surface area contributed by atoms with Crippen LogP contribution in [0.25, 0.3) is 0 Å². The normalized spacial score (nSPS) is 11.8. The van der Waals surface area contributed by atoms with Crippen molar-refractivity contribution in [1.82, 2.24) is 5.43 Å². The molecule has 0 heterocycles. The third-order valence-electron chi connectivity index (χ3n) is 3.61. The van der Waals surface area contributed by atoms with Gasteiger partial charge in [-0.25, -0.2) is 5.43 Å². The lowest BCUT2D eigenvalue weighted by molar-refractivity contribution is -0.121. The first kappa shape index (κ1) is 18.3. The Morgan fingerprint density at radius 3 is 2.64 bits per heavy atom. The minimum atomic E-state index is -0.420. The van der Waals surface area contributed by atoms with E-state index >= 15 is 0 Å². The van der Waals surface area contributed by atoms with Crippen LogP contribution in [-0.4, -0.2) is 32.4 Å². The van der Waals surface area contributed by atoms with Crippen LogP contribution in [0.5, 0.6) is 11.5 Å². The van der Waals surface area contributed by atoms with Crippen molar-refractivity contribution in [3.8, 4) is 11.5 Å². The Kier molecular flexibility index (Phi) is 6.39. The topological polar surface area (TPSA) is 72.0 Å². The fraction of sp³-hybridized carbons (Fsp3) is 0.263. The molecule has 0 spiro atoms. The van der Waals surface area contributed by atoms with E-state index in [-0.39, 0.29) is 5.91 Å². The number of benzene rings is 2. The second-order valence-corrected chi connectivity index (χ2v) is 5.58. The summed E-state index contributed by atoms with van der Waals surface area (Å²) in [5.74, 6) is 1.07. The van der Waals surface area contributed by atoms with Crippen LogP contribution in [0.15, 0.2) is 47.6 Å². The Labute approximate surface area is 147 Å². The Bertz CT molecular complexity index is 759. The molecule has 6 heteroatoms. The Hall–Kier alpha value is -3.02. The van der Waals surface area contributed by atoms with Crippen molar-refractivity contribution in [3.05, 3.63) is 53.6 Å². The third-order valence-corrected chi connectivity index (χ3v) is 3.61. The highest BCUT2D eigenvalue weighted by Crippen LogP contribution is 2.23. The van der Waals surface area contributed by atoms with E-state index in [0.29, 0.717) is 11.5 Å². The number of anilines is 1. The van der Waals surface area contributed by atoms with E-state index < -0.39 is 6.04 Å². The highest BCUT2D eigenvalue weighted by Gasteiger charge is 2.11. The van der Waals surface area contributed by atoms with Crippen LogP contribution in [-0.2, 0) is 4.79 Å². The Balaban J connectivity index is 1.95. The molecule has 1 amide bonds. The number of methoxy groups -OCH3 is 2. The molecule has 1 unspecified atom stereocenters. The summed E-state index contributed by atoms with van der Waals surface area (Å²) in [5, 5.41) is 7.14. The number of nitrogens with one attached hydrogen (secondary N) is 2. The predicted molar refractivity (Wildman–Crippen MR) is 99.5 cm³/mol. The standard InChI is InChI=1S/C19H23N3O3/c1-13-6-5-7-16(10-13)21-14(2)19(23)22-20-12-15-8-9-17(24-3)11-18(15)25-4/h5-12,14,21H,1-4H3,(H,22,23)/b20-12+. The van der Waals surface area contributed by atoms with Crippen molar-refractivity contribution in [3.63, 3.8) is 0 Å². The fourth-order valence-corrected chi connectivity index (χ4v) is 2.24. The number of amides is 1. The molecule has 2 aromatic carbocycles. The lowest BCUT2D eigenvalue weighted by Crippen LogP contribution is -2.34. The van der Waals surface area contributed by atoms with Gasteiger partial charge in [0, 0.05) is 17.3 Å². The number of ether oxygens (including phenoxy) is 2. The summed E-state index contributed by atoms with van der Waals surface area (Å²) in [5.41, 5.74) is 5.28. The van der Waals surface area contributed by atoms with Crippen molar-refractivity contribution in [2.24, 2.45) is 5.10 Å². The molecule has 2 N–H and O–H groups in total. The molecule has 25 heavy (non-hydrogen) atoms. The van der Waals surface area contributed by atoms with Crippen molar-refractivity contribution < 1.29 is 14.3 Å². The minimum absolute atomic E-state index is 0.231. The number of rotatable bonds is 7. The molecule has 0 bridgehead atoms. The lowest BCUT2D eigenvalue weighted by atomic mass is 10.2. The van der Waals surface area contributed by atoms with E-state index in [4.69, 9.17) is 9.47 Å². The van der Waals surface area contributed by atoms with Gasteiger partial charge in [-0.15, -0.1) is 0 Å².